The Kier molecular flexibility index (Phi) is 3.29. The molecule has 0 aliphatic carbocycles. The number of carboxylic acid groups (broad SMARTS) is 1. The topological polar surface area (TPSA) is 94.7 Å². The van der Waals surface area contributed by atoms with Crippen LogP contribution < -0.4 is 15.2 Å². The van der Waals surface area contributed by atoms with Gasteiger partial charge >= 0.3 is 6.16 Å². The van der Waals surface area contributed by atoms with Gasteiger partial charge in [0.25, 0.3) is 0 Å². The van der Waals surface area contributed by atoms with Gasteiger partial charge in [-0.3, -0.25) is 0 Å². The van der Waals surface area contributed by atoms with Gasteiger partial charge in [0.05, 0.1) is 0 Å². The summed E-state index contributed by atoms with van der Waals surface area (Å²) in [7, 11) is 0. The minimum Gasteiger partial charge on any atom is -0.457 e. The third-order valence-electron chi connectivity index (χ3n) is 2.01. The molecule has 0 aliphatic rings. The highest BCUT2D eigenvalue weighted by Crippen LogP contribution is 2.24. The molecule has 6 heteroatoms. The van der Waals surface area contributed by atoms with Crippen molar-refractivity contribution in [2.45, 2.75) is 0 Å². The summed E-state index contributed by atoms with van der Waals surface area (Å²) in [5.41, 5.74) is 6.18. The van der Waals surface area contributed by atoms with E-state index >= 15 is 0 Å². The molecular formula is C12H10N2O4. The van der Waals surface area contributed by atoms with Crippen LogP contribution in [0.1, 0.15) is 0 Å². The molecule has 0 amide bonds. The number of hydrogen-bond acceptors (Lipinski definition) is 5. The van der Waals surface area contributed by atoms with E-state index in [1.807, 2.05) is 0 Å². The Morgan fingerprint density at radius 3 is 2.56 bits per heavy atom. The summed E-state index contributed by atoms with van der Waals surface area (Å²) in [6, 6.07) is 9.77. The van der Waals surface area contributed by atoms with Crippen LogP contribution in [0.15, 0.2) is 42.6 Å². The summed E-state index contributed by atoms with van der Waals surface area (Å²) in [4.78, 5) is 14.1. The number of nitrogens with two attached hydrogens (primary N) is 1. The highest BCUT2D eigenvalue weighted by Gasteiger charge is 2.04. The average molecular weight is 246 g/mol. The number of carbonyl (C=O) groups is 1. The fourth-order valence-corrected chi connectivity index (χ4v) is 1.27. The van der Waals surface area contributed by atoms with Gasteiger partial charge in [0.2, 0.25) is 5.88 Å². The van der Waals surface area contributed by atoms with Crippen molar-refractivity contribution in [3.05, 3.63) is 42.6 Å². The first-order valence-electron chi connectivity index (χ1n) is 5.04. The van der Waals surface area contributed by atoms with Gasteiger partial charge in [-0.25, -0.2) is 9.78 Å². The van der Waals surface area contributed by atoms with Crippen LogP contribution in [0.5, 0.6) is 17.4 Å². The summed E-state index contributed by atoms with van der Waals surface area (Å²) in [6.45, 7) is 0. The van der Waals surface area contributed by atoms with E-state index in [-0.39, 0.29) is 5.88 Å². The monoisotopic (exact) mass is 246 g/mol. The van der Waals surface area contributed by atoms with Crippen LogP contribution in [-0.4, -0.2) is 16.2 Å². The van der Waals surface area contributed by atoms with E-state index in [0.29, 0.717) is 17.2 Å². The van der Waals surface area contributed by atoms with E-state index in [1.165, 1.54) is 12.3 Å². The van der Waals surface area contributed by atoms with Crippen LogP contribution in [0.3, 0.4) is 0 Å². The zero-order valence-electron chi connectivity index (χ0n) is 9.24. The number of ether oxygens (including phenoxy) is 2. The van der Waals surface area contributed by atoms with Crippen molar-refractivity contribution in [3.8, 4) is 17.4 Å². The molecule has 1 aromatic heterocycles. The lowest BCUT2D eigenvalue weighted by molar-refractivity contribution is 0.142. The molecule has 2 aromatic rings. The lowest BCUT2D eigenvalue weighted by atomic mass is 10.3. The molecule has 0 saturated carbocycles. The molecule has 6 nitrogen and oxygen atoms in total. The fourth-order valence-electron chi connectivity index (χ4n) is 1.27. The van der Waals surface area contributed by atoms with Crippen molar-refractivity contribution in [1.82, 2.24) is 4.98 Å². The van der Waals surface area contributed by atoms with Crippen molar-refractivity contribution < 1.29 is 19.4 Å². The Bertz CT molecular complexity index is 554. The van der Waals surface area contributed by atoms with E-state index in [1.54, 1.807) is 30.3 Å². The van der Waals surface area contributed by atoms with Gasteiger partial charge < -0.3 is 20.3 Å². The van der Waals surface area contributed by atoms with E-state index in [9.17, 15) is 4.79 Å². The Morgan fingerprint density at radius 1 is 1.17 bits per heavy atom. The van der Waals surface area contributed by atoms with Gasteiger partial charge in [-0.15, -0.1) is 0 Å². The highest BCUT2D eigenvalue weighted by atomic mass is 16.7. The highest BCUT2D eigenvalue weighted by molar-refractivity contribution is 5.60. The Hall–Kier alpha value is -2.76. The van der Waals surface area contributed by atoms with Crippen molar-refractivity contribution in [2.75, 3.05) is 5.73 Å². The largest absolute Gasteiger partial charge is 0.512 e. The van der Waals surface area contributed by atoms with Gasteiger partial charge in [0.1, 0.15) is 11.5 Å². The zero-order valence-corrected chi connectivity index (χ0v) is 9.24. The van der Waals surface area contributed by atoms with Crippen LogP contribution in [0.4, 0.5) is 10.5 Å². The maximum Gasteiger partial charge on any atom is 0.512 e. The van der Waals surface area contributed by atoms with E-state index < -0.39 is 6.16 Å². The lowest BCUT2D eigenvalue weighted by Gasteiger charge is -2.06. The molecule has 1 heterocycles. The summed E-state index contributed by atoms with van der Waals surface area (Å²) >= 11 is 0. The molecule has 2 rings (SSSR count). The van der Waals surface area contributed by atoms with Crippen molar-refractivity contribution in [1.29, 1.82) is 0 Å². The standard InChI is InChI=1S/C12H10N2O4/c13-8-1-3-9(4-2-8)17-10-5-6-14-11(7-10)18-12(15)16/h1-7H,13H2,(H,15,16). The third-order valence-corrected chi connectivity index (χ3v) is 2.01. The quantitative estimate of drug-likeness (QED) is 0.638. The zero-order chi connectivity index (χ0) is 13.0. The number of pyridine rings is 1. The molecule has 18 heavy (non-hydrogen) atoms. The molecule has 0 bridgehead atoms. The summed E-state index contributed by atoms with van der Waals surface area (Å²) in [6.07, 6.45) is -0.0302. The second kappa shape index (κ2) is 5.05. The molecule has 0 fully saturated rings. The van der Waals surface area contributed by atoms with E-state index in [0.717, 1.165) is 0 Å². The van der Waals surface area contributed by atoms with Crippen molar-refractivity contribution in [3.63, 3.8) is 0 Å². The Balaban J connectivity index is 2.13. The molecule has 0 radical (unpaired) electrons. The Labute approximate surface area is 103 Å². The van der Waals surface area contributed by atoms with Gasteiger partial charge in [-0.1, -0.05) is 0 Å². The summed E-state index contributed by atoms with van der Waals surface area (Å²) in [5.74, 6) is 0.957. The molecule has 3 N–H and O–H groups in total. The molecule has 0 aliphatic heterocycles. The number of nitrogens with zero attached hydrogens (tertiary/aromatic N) is 1. The normalized spacial score (nSPS) is 9.78. The maximum absolute atomic E-state index is 10.4. The van der Waals surface area contributed by atoms with Gasteiger partial charge in [0, 0.05) is 18.0 Å². The van der Waals surface area contributed by atoms with Crippen LogP contribution in [0.25, 0.3) is 0 Å². The Morgan fingerprint density at radius 2 is 1.89 bits per heavy atom. The second-order valence-electron chi connectivity index (χ2n) is 3.37. The first-order valence-corrected chi connectivity index (χ1v) is 5.04. The SMILES string of the molecule is Nc1ccc(Oc2ccnc(OC(=O)O)c2)cc1. The number of aromatic nitrogens is 1. The van der Waals surface area contributed by atoms with Gasteiger partial charge in [-0.05, 0) is 30.3 Å². The summed E-state index contributed by atoms with van der Waals surface area (Å²) in [5, 5.41) is 8.46. The predicted octanol–water partition coefficient (Wildman–Crippen LogP) is 2.51. The third kappa shape index (κ3) is 3.11. The maximum atomic E-state index is 10.4. The number of hydrogen-bond donors (Lipinski definition) is 2. The number of benzene rings is 1. The average Bonchev–Trinajstić information content (AvgIpc) is 2.32. The van der Waals surface area contributed by atoms with Crippen LogP contribution >= 0.6 is 0 Å². The first kappa shape index (κ1) is 11.7. The minimum absolute atomic E-state index is 0.0459. The minimum atomic E-state index is -1.42. The van der Waals surface area contributed by atoms with Crippen molar-refractivity contribution >= 4 is 11.8 Å². The smallest absolute Gasteiger partial charge is 0.457 e. The molecular weight excluding hydrogens is 236 g/mol. The number of anilines is 1. The second-order valence-corrected chi connectivity index (χ2v) is 3.37. The molecule has 0 saturated heterocycles. The van der Waals surface area contributed by atoms with Gasteiger partial charge in [0.15, 0.2) is 0 Å². The number of nitrogen functional groups attached to an aromatic ring is 1. The van der Waals surface area contributed by atoms with E-state index in [4.69, 9.17) is 15.6 Å². The predicted molar refractivity (Wildman–Crippen MR) is 63.8 cm³/mol. The van der Waals surface area contributed by atoms with Gasteiger partial charge in [-0.2, -0.15) is 0 Å². The lowest BCUT2D eigenvalue weighted by Crippen LogP contribution is -2.04. The molecule has 1 aromatic carbocycles. The fraction of sp³-hybridized carbons (Fsp3) is 0. The summed E-state index contributed by atoms with van der Waals surface area (Å²) < 4.78 is 9.90. The van der Waals surface area contributed by atoms with Crippen LogP contribution in [0, 0.1) is 0 Å². The van der Waals surface area contributed by atoms with E-state index in [2.05, 4.69) is 9.72 Å². The molecule has 92 valence electrons. The molecule has 0 atom stereocenters. The van der Waals surface area contributed by atoms with Crippen LogP contribution in [-0.2, 0) is 0 Å². The van der Waals surface area contributed by atoms with Crippen LogP contribution in [0.2, 0.25) is 0 Å². The molecule has 0 unspecified atom stereocenters. The van der Waals surface area contributed by atoms with Crippen molar-refractivity contribution in [2.24, 2.45) is 0 Å². The number of rotatable bonds is 3. The first-order chi connectivity index (χ1) is 8.63. The molecule has 0 spiro atoms.